The van der Waals surface area contributed by atoms with Crippen LogP contribution < -0.4 is 0 Å². The minimum atomic E-state index is 1.24. The van der Waals surface area contributed by atoms with E-state index in [4.69, 9.17) is 0 Å². The van der Waals surface area contributed by atoms with Crippen molar-refractivity contribution < 1.29 is 0 Å². The quantitative estimate of drug-likeness (QED) is 0.188. The highest BCUT2D eigenvalue weighted by molar-refractivity contribution is 7.26. The number of hydrogen-bond donors (Lipinski definition) is 0. The van der Waals surface area contributed by atoms with E-state index in [1.807, 2.05) is 11.3 Å². The van der Waals surface area contributed by atoms with Crippen molar-refractivity contribution in [1.29, 1.82) is 0 Å². The van der Waals surface area contributed by atoms with E-state index in [1.165, 1.54) is 85.9 Å². The van der Waals surface area contributed by atoms with Gasteiger partial charge in [0.25, 0.3) is 0 Å². The Kier molecular flexibility index (Phi) is 5.47. The highest BCUT2D eigenvalue weighted by Crippen LogP contribution is 2.49. The first kappa shape index (κ1) is 24.4. The summed E-state index contributed by atoms with van der Waals surface area (Å²) in [6.45, 7) is 0. The molecule has 0 fully saturated rings. The van der Waals surface area contributed by atoms with Gasteiger partial charge in [0.2, 0.25) is 0 Å². The second-order valence-electron chi connectivity index (χ2n) is 11.2. The van der Waals surface area contributed by atoms with Crippen LogP contribution in [-0.2, 0) is 0 Å². The van der Waals surface area contributed by atoms with E-state index in [2.05, 4.69) is 158 Å². The summed E-state index contributed by atoms with van der Waals surface area (Å²) in [6, 6.07) is 57.9. The largest absolute Gasteiger partial charge is 0.135 e. The van der Waals surface area contributed by atoms with Gasteiger partial charge < -0.3 is 0 Å². The fraction of sp³-hybridized carbons (Fsp3) is 0. The van der Waals surface area contributed by atoms with E-state index in [0.717, 1.165) is 0 Å². The molecular formula is C42H26S. The van der Waals surface area contributed by atoms with Gasteiger partial charge in [0.05, 0.1) is 0 Å². The van der Waals surface area contributed by atoms with Crippen molar-refractivity contribution in [2.75, 3.05) is 0 Å². The molecule has 1 heteroatoms. The molecule has 1 heterocycles. The predicted octanol–water partition coefficient (Wildman–Crippen LogP) is 12.5. The van der Waals surface area contributed by atoms with Gasteiger partial charge in [0, 0.05) is 20.2 Å². The fourth-order valence-corrected chi connectivity index (χ4v) is 8.18. The minimum Gasteiger partial charge on any atom is -0.135 e. The molecule has 9 aromatic rings. The summed E-state index contributed by atoms with van der Waals surface area (Å²) in [5.41, 5.74) is 7.59. The van der Waals surface area contributed by atoms with Crippen molar-refractivity contribution in [2.24, 2.45) is 0 Å². The molecule has 43 heavy (non-hydrogen) atoms. The lowest BCUT2D eigenvalue weighted by atomic mass is 9.84. The molecule has 0 saturated carbocycles. The second-order valence-corrected chi connectivity index (χ2v) is 12.3. The zero-order valence-corrected chi connectivity index (χ0v) is 24.2. The Morgan fingerprint density at radius 1 is 0.279 bits per heavy atom. The molecule has 1 aromatic heterocycles. The number of rotatable bonds is 3. The zero-order valence-electron chi connectivity index (χ0n) is 23.4. The van der Waals surface area contributed by atoms with Crippen molar-refractivity contribution in [3.8, 4) is 33.4 Å². The first-order chi connectivity index (χ1) is 21.4. The molecule has 0 N–H and O–H groups in total. The molecule has 0 spiro atoms. The first-order valence-electron chi connectivity index (χ1n) is 14.8. The monoisotopic (exact) mass is 562 g/mol. The summed E-state index contributed by atoms with van der Waals surface area (Å²) in [5, 5.41) is 10.5. The highest BCUT2D eigenvalue weighted by atomic mass is 32.1. The zero-order chi connectivity index (χ0) is 28.3. The Morgan fingerprint density at radius 3 is 1.56 bits per heavy atom. The molecular weight excluding hydrogens is 537 g/mol. The van der Waals surface area contributed by atoms with Crippen LogP contribution in [0.4, 0.5) is 0 Å². The third-order valence-electron chi connectivity index (χ3n) is 8.88. The molecule has 0 saturated heterocycles. The van der Waals surface area contributed by atoms with E-state index in [1.54, 1.807) is 0 Å². The Morgan fingerprint density at radius 2 is 0.814 bits per heavy atom. The number of benzene rings is 8. The van der Waals surface area contributed by atoms with Crippen LogP contribution in [0.3, 0.4) is 0 Å². The van der Waals surface area contributed by atoms with Gasteiger partial charge in [-0.05, 0) is 77.8 Å². The predicted molar refractivity (Wildman–Crippen MR) is 188 cm³/mol. The van der Waals surface area contributed by atoms with E-state index in [9.17, 15) is 0 Å². The van der Waals surface area contributed by atoms with E-state index in [-0.39, 0.29) is 0 Å². The summed E-state index contributed by atoms with van der Waals surface area (Å²) >= 11 is 1.88. The molecule has 0 unspecified atom stereocenters. The van der Waals surface area contributed by atoms with Gasteiger partial charge in [0.15, 0.2) is 0 Å². The topological polar surface area (TPSA) is 0 Å². The van der Waals surface area contributed by atoms with E-state index < -0.39 is 0 Å². The second kappa shape index (κ2) is 9.66. The Labute approximate surface area is 254 Å². The van der Waals surface area contributed by atoms with Crippen LogP contribution in [0.25, 0.3) is 85.9 Å². The van der Waals surface area contributed by atoms with Gasteiger partial charge in [-0.1, -0.05) is 146 Å². The van der Waals surface area contributed by atoms with Crippen LogP contribution >= 0.6 is 11.3 Å². The molecule has 0 radical (unpaired) electrons. The van der Waals surface area contributed by atoms with Crippen molar-refractivity contribution in [3.05, 3.63) is 158 Å². The van der Waals surface area contributed by atoms with Gasteiger partial charge in [0.1, 0.15) is 0 Å². The Hall–Kier alpha value is -5.24. The van der Waals surface area contributed by atoms with Gasteiger partial charge in [-0.3, -0.25) is 0 Å². The number of thiophene rings is 1. The van der Waals surface area contributed by atoms with E-state index in [0.29, 0.717) is 0 Å². The normalized spacial score (nSPS) is 11.7. The van der Waals surface area contributed by atoms with E-state index >= 15 is 0 Å². The molecule has 8 aromatic carbocycles. The van der Waals surface area contributed by atoms with Crippen molar-refractivity contribution in [3.63, 3.8) is 0 Å². The molecule has 9 rings (SSSR count). The molecule has 0 amide bonds. The smallest absolute Gasteiger partial charge is 0.0362 e. The van der Waals surface area contributed by atoms with Gasteiger partial charge in [-0.15, -0.1) is 11.3 Å². The average Bonchev–Trinajstić information content (AvgIpc) is 3.47. The minimum absolute atomic E-state index is 1.24. The van der Waals surface area contributed by atoms with Gasteiger partial charge >= 0.3 is 0 Å². The van der Waals surface area contributed by atoms with Crippen molar-refractivity contribution in [1.82, 2.24) is 0 Å². The summed E-state index contributed by atoms with van der Waals surface area (Å²) in [4.78, 5) is 0. The molecule has 0 aliphatic carbocycles. The molecule has 0 atom stereocenters. The lowest BCUT2D eigenvalue weighted by Crippen LogP contribution is -1.92. The van der Waals surface area contributed by atoms with Crippen LogP contribution in [0.1, 0.15) is 0 Å². The molecule has 0 aliphatic rings. The summed E-state index contributed by atoms with van der Waals surface area (Å²) in [5.74, 6) is 0. The first-order valence-corrected chi connectivity index (χ1v) is 15.6. The molecule has 0 nitrogen and oxygen atoms in total. The van der Waals surface area contributed by atoms with Crippen LogP contribution in [0.15, 0.2) is 158 Å². The van der Waals surface area contributed by atoms with Crippen LogP contribution in [0, 0.1) is 0 Å². The maximum Gasteiger partial charge on any atom is 0.0362 e. The lowest BCUT2D eigenvalue weighted by molar-refractivity contribution is 1.61. The van der Waals surface area contributed by atoms with Crippen molar-refractivity contribution in [2.45, 2.75) is 0 Å². The molecule has 0 bridgehead atoms. The summed E-state index contributed by atoms with van der Waals surface area (Å²) in [6.07, 6.45) is 0. The molecule has 200 valence electrons. The lowest BCUT2D eigenvalue weighted by Gasteiger charge is -2.19. The Balaban J connectivity index is 1.45. The summed E-state index contributed by atoms with van der Waals surface area (Å²) in [7, 11) is 0. The van der Waals surface area contributed by atoms with Crippen LogP contribution in [0.5, 0.6) is 0 Å². The maximum absolute atomic E-state index is 2.32. The maximum atomic E-state index is 2.32. The number of fused-ring (bicyclic) bond motifs is 9. The standard InChI is InChI=1S/C42H26S/c1-2-13-27(14-3-1)28-25-26-39-42(37-21-10-11-24-38(37)43-39)41(28)36-20-9-7-18-32(36)35-23-12-22-34-31-16-5-4-15-29(31)30-17-6-8-19-33(30)40(34)35/h1-26H. The fourth-order valence-electron chi connectivity index (χ4n) is 7.07. The van der Waals surface area contributed by atoms with Crippen molar-refractivity contribution >= 4 is 63.8 Å². The number of hydrogen-bond acceptors (Lipinski definition) is 1. The van der Waals surface area contributed by atoms with Gasteiger partial charge in [-0.2, -0.15) is 0 Å². The van der Waals surface area contributed by atoms with Gasteiger partial charge in [-0.25, -0.2) is 0 Å². The highest BCUT2D eigenvalue weighted by Gasteiger charge is 2.21. The average molecular weight is 563 g/mol. The van der Waals surface area contributed by atoms with Crippen LogP contribution in [0.2, 0.25) is 0 Å². The SMILES string of the molecule is c1ccc(-c2ccc3sc4ccccc4c3c2-c2ccccc2-c2cccc3c4ccccc4c4ccccc4c23)cc1. The summed E-state index contributed by atoms with van der Waals surface area (Å²) < 4.78 is 2.64. The Bertz CT molecular complexity index is 2450. The molecule has 0 aliphatic heterocycles. The third kappa shape index (κ3) is 3.69. The third-order valence-corrected chi connectivity index (χ3v) is 10.0. The van der Waals surface area contributed by atoms with Crippen LogP contribution in [-0.4, -0.2) is 0 Å².